The third-order valence-electron chi connectivity index (χ3n) is 3.52. The Morgan fingerprint density at radius 3 is 2.56 bits per heavy atom. The number of hydrogen-bond acceptors (Lipinski definition) is 2. The highest BCUT2D eigenvalue weighted by Gasteiger charge is 2.25. The van der Waals surface area contributed by atoms with E-state index >= 15 is 0 Å². The second-order valence-corrected chi connectivity index (χ2v) is 6.39. The van der Waals surface area contributed by atoms with Gasteiger partial charge in [0.05, 0.1) is 0 Å². The minimum absolute atomic E-state index is 0.652. The molecule has 1 heterocycles. The van der Waals surface area contributed by atoms with Crippen molar-refractivity contribution >= 4 is 11.3 Å². The Morgan fingerprint density at radius 2 is 2.00 bits per heavy atom. The van der Waals surface area contributed by atoms with Crippen molar-refractivity contribution in [3.05, 3.63) is 21.9 Å². The number of thiophene rings is 1. The summed E-state index contributed by atoms with van der Waals surface area (Å²) >= 11 is 1.99. The zero-order valence-electron chi connectivity index (χ0n) is 10.6. The molecule has 2 rings (SSSR count). The van der Waals surface area contributed by atoms with E-state index < -0.39 is 0 Å². The van der Waals surface area contributed by atoms with Gasteiger partial charge in [-0.2, -0.15) is 0 Å². The molecule has 2 heteroatoms. The zero-order valence-corrected chi connectivity index (χ0v) is 11.4. The second kappa shape index (κ2) is 5.33. The van der Waals surface area contributed by atoms with E-state index in [1.807, 2.05) is 11.3 Å². The number of aryl methyl sites for hydroxylation is 1. The summed E-state index contributed by atoms with van der Waals surface area (Å²) in [5.41, 5.74) is 0. The molecule has 2 atom stereocenters. The van der Waals surface area contributed by atoms with E-state index in [-0.39, 0.29) is 0 Å². The number of hydrogen-bond donors (Lipinski definition) is 1. The number of rotatable bonds is 6. The fraction of sp³-hybridized carbons (Fsp3) is 0.714. The molecule has 0 saturated heterocycles. The SMILES string of the molecule is CCc1ccc(CC(C)C(C)NC2CC2)s1. The van der Waals surface area contributed by atoms with Gasteiger partial charge in [-0.25, -0.2) is 0 Å². The maximum Gasteiger partial charge on any atom is 0.00708 e. The lowest BCUT2D eigenvalue weighted by molar-refractivity contribution is 0.397. The summed E-state index contributed by atoms with van der Waals surface area (Å²) in [4.78, 5) is 3.07. The Kier molecular flexibility index (Phi) is 4.04. The molecule has 1 N–H and O–H groups in total. The molecule has 1 nitrogen and oxygen atoms in total. The molecule has 1 aliphatic carbocycles. The lowest BCUT2D eigenvalue weighted by Crippen LogP contribution is -2.34. The summed E-state index contributed by atoms with van der Waals surface area (Å²) < 4.78 is 0. The van der Waals surface area contributed by atoms with Crippen molar-refractivity contribution in [3.63, 3.8) is 0 Å². The fourth-order valence-electron chi connectivity index (χ4n) is 2.00. The molecule has 0 spiro atoms. The third kappa shape index (κ3) is 3.33. The van der Waals surface area contributed by atoms with E-state index in [0.717, 1.165) is 12.0 Å². The highest BCUT2D eigenvalue weighted by molar-refractivity contribution is 7.11. The standard InChI is InChI=1S/C14H23NS/c1-4-13-7-8-14(16-13)9-10(2)11(3)15-12-5-6-12/h7-8,10-12,15H,4-6,9H2,1-3H3. The molecule has 1 aromatic rings. The molecule has 2 unspecified atom stereocenters. The molecule has 0 bridgehead atoms. The summed E-state index contributed by atoms with van der Waals surface area (Å²) in [6, 6.07) is 6.07. The first-order chi connectivity index (χ1) is 7.69. The van der Waals surface area contributed by atoms with Crippen LogP contribution in [-0.2, 0) is 12.8 Å². The lowest BCUT2D eigenvalue weighted by atomic mass is 9.99. The third-order valence-corrected chi connectivity index (χ3v) is 4.77. The molecule has 0 aromatic carbocycles. The predicted octanol–water partition coefficient (Wildman–Crippen LogP) is 3.63. The van der Waals surface area contributed by atoms with Crippen LogP contribution >= 0.6 is 11.3 Å². The lowest BCUT2D eigenvalue weighted by Gasteiger charge is -2.20. The first kappa shape index (κ1) is 12.1. The van der Waals surface area contributed by atoms with Gasteiger partial charge in [0.2, 0.25) is 0 Å². The topological polar surface area (TPSA) is 12.0 Å². The van der Waals surface area contributed by atoms with Gasteiger partial charge in [-0.3, -0.25) is 0 Å². The predicted molar refractivity (Wildman–Crippen MR) is 72.2 cm³/mol. The van der Waals surface area contributed by atoms with Gasteiger partial charge in [-0.05, 0) is 50.7 Å². The van der Waals surface area contributed by atoms with E-state index in [4.69, 9.17) is 0 Å². The molecule has 0 radical (unpaired) electrons. The van der Waals surface area contributed by atoms with Crippen LogP contribution in [0.5, 0.6) is 0 Å². The highest BCUT2D eigenvalue weighted by atomic mass is 32.1. The molecular weight excluding hydrogens is 214 g/mol. The van der Waals surface area contributed by atoms with Gasteiger partial charge >= 0.3 is 0 Å². The summed E-state index contributed by atoms with van der Waals surface area (Å²) in [5.74, 6) is 0.740. The Balaban J connectivity index is 1.82. The van der Waals surface area contributed by atoms with Gasteiger partial charge in [0, 0.05) is 21.8 Å². The van der Waals surface area contributed by atoms with Gasteiger partial charge in [-0.15, -0.1) is 11.3 Å². The average molecular weight is 237 g/mol. The molecule has 1 aromatic heterocycles. The van der Waals surface area contributed by atoms with Crippen LogP contribution in [-0.4, -0.2) is 12.1 Å². The van der Waals surface area contributed by atoms with Crippen LogP contribution in [0.2, 0.25) is 0 Å². The van der Waals surface area contributed by atoms with E-state index in [9.17, 15) is 0 Å². The van der Waals surface area contributed by atoms with Gasteiger partial charge in [-0.1, -0.05) is 13.8 Å². The minimum Gasteiger partial charge on any atom is -0.311 e. The fourth-order valence-corrected chi connectivity index (χ4v) is 3.10. The van der Waals surface area contributed by atoms with Crippen LogP contribution in [0.15, 0.2) is 12.1 Å². The molecule has 0 aliphatic heterocycles. The van der Waals surface area contributed by atoms with Crippen molar-refractivity contribution in [1.82, 2.24) is 5.32 Å². The molecule has 16 heavy (non-hydrogen) atoms. The van der Waals surface area contributed by atoms with Crippen molar-refractivity contribution < 1.29 is 0 Å². The smallest absolute Gasteiger partial charge is 0.00708 e. The normalized spacial score (nSPS) is 19.7. The van der Waals surface area contributed by atoms with E-state index in [1.165, 1.54) is 30.6 Å². The Bertz CT molecular complexity index is 327. The molecular formula is C14H23NS. The van der Waals surface area contributed by atoms with Crippen LogP contribution in [0, 0.1) is 5.92 Å². The molecule has 1 aliphatic rings. The van der Waals surface area contributed by atoms with Crippen molar-refractivity contribution in [2.45, 2.75) is 58.5 Å². The minimum atomic E-state index is 0.652. The van der Waals surface area contributed by atoms with Crippen LogP contribution < -0.4 is 5.32 Å². The van der Waals surface area contributed by atoms with Crippen LogP contribution in [0.25, 0.3) is 0 Å². The average Bonchev–Trinajstić information content (AvgIpc) is 2.96. The van der Waals surface area contributed by atoms with Gasteiger partial charge in [0.25, 0.3) is 0 Å². The Labute approximate surface area is 103 Å². The van der Waals surface area contributed by atoms with Gasteiger partial charge in [0.1, 0.15) is 0 Å². The van der Waals surface area contributed by atoms with Crippen LogP contribution in [0.4, 0.5) is 0 Å². The summed E-state index contributed by atoms with van der Waals surface area (Å²) in [6.07, 6.45) is 5.17. The highest BCUT2D eigenvalue weighted by Crippen LogP contribution is 2.24. The molecule has 1 saturated carbocycles. The molecule has 90 valence electrons. The van der Waals surface area contributed by atoms with Crippen molar-refractivity contribution in [2.75, 3.05) is 0 Å². The van der Waals surface area contributed by atoms with Crippen LogP contribution in [0.3, 0.4) is 0 Å². The maximum atomic E-state index is 3.70. The van der Waals surface area contributed by atoms with E-state index in [1.54, 1.807) is 4.88 Å². The van der Waals surface area contributed by atoms with E-state index in [0.29, 0.717) is 6.04 Å². The van der Waals surface area contributed by atoms with E-state index in [2.05, 4.69) is 38.2 Å². The second-order valence-electron chi connectivity index (χ2n) is 5.13. The first-order valence-electron chi connectivity index (χ1n) is 6.52. The van der Waals surface area contributed by atoms with Crippen molar-refractivity contribution in [2.24, 2.45) is 5.92 Å². The largest absolute Gasteiger partial charge is 0.311 e. The first-order valence-corrected chi connectivity index (χ1v) is 7.34. The monoisotopic (exact) mass is 237 g/mol. The van der Waals surface area contributed by atoms with Gasteiger partial charge in [0.15, 0.2) is 0 Å². The quantitative estimate of drug-likeness (QED) is 0.796. The molecule has 0 amide bonds. The van der Waals surface area contributed by atoms with Crippen molar-refractivity contribution in [1.29, 1.82) is 0 Å². The van der Waals surface area contributed by atoms with Gasteiger partial charge < -0.3 is 5.32 Å². The Hall–Kier alpha value is -0.340. The zero-order chi connectivity index (χ0) is 11.5. The van der Waals surface area contributed by atoms with Crippen LogP contribution in [0.1, 0.15) is 43.4 Å². The molecule has 1 fully saturated rings. The summed E-state index contributed by atoms with van der Waals surface area (Å²) in [6.45, 7) is 6.93. The van der Waals surface area contributed by atoms with Crippen molar-refractivity contribution in [3.8, 4) is 0 Å². The Morgan fingerprint density at radius 1 is 1.31 bits per heavy atom. The maximum absolute atomic E-state index is 3.70. The number of nitrogens with one attached hydrogen (secondary N) is 1. The summed E-state index contributed by atoms with van der Waals surface area (Å²) in [7, 11) is 0. The summed E-state index contributed by atoms with van der Waals surface area (Å²) in [5, 5.41) is 3.70.